The topological polar surface area (TPSA) is 81.7 Å². The smallest absolute Gasteiger partial charge is 0.137 e. The molecule has 19 heavy (non-hydrogen) atoms. The third kappa shape index (κ3) is 2.20. The van der Waals surface area contributed by atoms with E-state index in [0.717, 1.165) is 22.5 Å². The molecule has 6 nitrogen and oxygen atoms in total. The van der Waals surface area contributed by atoms with Gasteiger partial charge < -0.3 is 15.6 Å². The second kappa shape index (κ2) is 4.56. The zero-order valence-electron chi connectivity index (χ0n) is 10.5. The fourth-order valence-corrected chi connectivity index (χ4v) is 1.94. The molecule has 0 aliphatic carbocycles. The molecule has 3 N–H and O–H groups in total. The number of imidazole rings is 1. The van der Waals surface area contributed by atoms with Crippen LogP contribution in [0.5, 0.6) is 0 Å². The van der Waals surface area contributed by atoms with Crippen LogP contribution in [0.2, 0.25) is 0 Å². The van der Waals surface area contributed by atoms with E-state index in [1.54, 1.807) is 12.5 Å². The number of anilines is 2. The number of nitrogens with zero attached hydrogens (tertiary/aromatic N) is 4. The molecular weight excluding hydrogens is 240 g/mol. The number of nitrogens with two attached hydrogens (primary N) is 1. The average Bonchev–Trinajstić information content (AvgIpc) is 2.82. The fraction of sp³-hybridized carbons (Fsp3) is 0.154. The maximum atomic E-state index is 5.81. The lowest BCUT2D eigenvalue weighted by Crippen LogP contribution is -2.07. The summed E-state index contributed by atoms with van der Waals surface area (Å²) in [7, 11) is 1.96. The average molecular weight is 254 g/mol. The van der Waals surface area contributed by atoms with Crippen LogP contribution in [-0.2, 0) is 13.6 Å². The van der Waals surface area contributed by atoms with Crippen molar-refractivity contribution in [1.29, 1.82) is 0 Å². The van der Waals surface area contributed by atoms with Crippen LogP contribution >= 0.6 is 0 Å². The molecule has 0 spiro atoms. The molecule has 0 saturated heterocycles. The van der Waals surface area contributed by atoms with Crippen LogP contribution in [0.3, 0.4) is 0 Å². The van der Waals surface area contributed by atoms with Crippen molar-refractivity contribution in [3.8, 4) is 0 Å². The third-order valence-electron chi connectivity index (χ3n) is 2.99. The molecule has 0 fully saturated rings. The molecule has 0 bridgehead atoms. The van der Waals surface area contributed by atoms with E-state index in [1.165, 1.54) is 0 Å². The van der Waals surface area contributed by atoms with Crippen molar-refractivity contribution in [1.82, 2.24) is 19.5 Å². The number of rotatable bonds is 3. The summed E-state index contributed by atoms with van der Waals surface area (Å²) in [6, 6.07) is 5.59. The van der Waals surface area contributed by atoms with Gasteiger partial charge in [-0.1, -0.05) is 0 Å². The van der Waals surface area contributed by atoms with Crippen molar-refractivity contribution in [3.63, 3.8) is 0 Å². The quantitative estimate of drug-likeness (QED) is 0.693. The van der Waals surface area contributed by atoms with Gasteiger partial charge in [-0.25, -0.2) is 15.0 Å². The van der Waals surface area contributed by atoms with Gasteiger partial charge in [0.15, 0.2) is 0 Å². The molecule has 0 aliphatic heterocycles. The fourth-order valence-electron chi connectivity index (χ4n) is 1.94. The van der Waals surface area contributed by atoms with Crippen molar-refractivity contribution < 1.29 is 0 Å². The molecule has 6 heteroatoms. The van der Waals surface area contributed by atoms with E-state index >= 15 is 0 Å². The van der Waals surface area contributed by atoms with Gasteiger partial charge in [0, 0.05) is 30.5 Å². The van der Waals surface area contributed by atoms with Crippen molar-refractivity contribution in [3.05, 3.63) is 42.7 Å². The van der Waals surface area contributed by atoms with Crippen molar-refractivity contribution in [2.45, 2.75) is 6.54 Å². The highest BCUT2D eigenvalue weighted by Gasteiger charge is 2.05. The normalized spacial score (nSPS) is 10.8. The second-order valence-corrected chi connectivity index (χ2v) is 4.31. The minimum absolute atomic E-state index is 0.602. The summed E-state index contributed by atoms with van der Waals surface area (Å²) in [6.45, 7) is 0.602. The highest BCUT2D eigenvalue weighted by Crippen LogP contribution is 2.21. The van der Waals surface area contributed by atoms with Gasteiger partial charge in [0.1, 0.15) is 18.0 Å². The Bertz CT molecular complexity index is 718. The predicted octanol–water partition coefficient (Wildman–Crippen LogP) is 1.56. The number of benzene rings is 1. The number of nitrogen functional groups attached to an aromatic ring is 1. The van der Waals surface area contributed by atoms with Crippen LogP contribution in [0.4, 0.5) is 11.5 Å². The van der Waals surface area contributed by atoms with E-state index in [0.29, 0.717) is 12.2 Å². The molecule has 96 valence electrons. The molecule has 3 aromatic rings. The zero-order valence-corrected chi connectivity index (χ0v) is 10.5. The second-order valence-electron chi connectivity index (χ2n) is 4.31. The van der Waals surface area contributed by atoms with E-state index < -0.39 is 0 Å². The summed E-state index contributed by atoms with van der Waals surface area (Å²) < 4.78 is 1.96. The van der Waals surface area contributed by atoms with Gasteiger partial charge in [-0.3, -0.25) is 0 Å². The van der Waals surface area contributed by atoms with E-state index in [1.807, 2.05) is 36.0 Å². The van der Waals surface area contributed by atoms with E-state index in [9.17, 15) is 0 Å². The number of nitrogens with one attached hydrogen (secondary N) is 1. The Morgan fingerprint density at radius 1 is 1.26 bits per heavy atom. The van der Waals surface area contributed by atoms with Gasteiger partial charge >= 0.3 is 0 Å². The van der Waals surface area contributed by atoms with Crippen LogP contribution in [0, 0.1) is 0 Å². The Morgan fingerprint density at radius 3 is 2.95 bits per heavy atom. The first kappa shape index (κ1) is 11.5. The van der Waals surface area contributed by atoms with Crippen molar-refractivity contribution in [2.24, 2.45) is 7.05 Å². The molecular formula is C13H14N6. The summed E-state index contributed by atoms with van der Waals surface area (Å²) in [5.74, 6) is 1.70. The SMILES string of the molecule is Cn1ccnc1CNc1ncnc2ccc(N)cc12. The van der Waals surface area contributed by atoms with Crippen LogP contribution in [0.25, 0.3) is 10.9 Å². The molecule has 2 aromatic heterocycles. The van der Waals surface area contributed by atoms with Crippen LogP contribution in [0.1, 0.15) is 5.82 Å². The predicted molar refractivity (Wildman–Crippen MR) is 74.5 cm³/mol. The summed E-state index contributed by atoms with van der Waals surface area (Å²) >= 11 is 0. The van der Waals surface area contributed by atoms with Gasteiger partial charge in [-0.15, -0.1) is 0 Å². The first-order chi connectivity index (χ1) is 9.24. The van der Waals surface area contributed by atoms with Gasteiger partial charge in [-0.05, 0) is 18.2 Å². The summed E-state index contributed by atoms with van der Waals surface area (Å²) in [6.07, 6.45) is 5.22. The molecule has 0 unspecified atom stereocenters. The first-order valence-electron chi connectivity index (χ1n) is 5.94. The Labute approximate surface area is 110 Å². The lowest BCUT2D eigenvalue weighted by Gasteiger charge is -2.08. The third-order valence-corrected chi connectivity index (χ3v) is 2.99. The standard InChI is InChI=1S/C13H14N6/c1-19-5-4-15-12(19)7-16-13-10-6-9(14)2-3-11(10)17-8-18-13/h2-6,8H,7,14H2,1H3,(H,16,17,18). The van der Waals surface area contributed by atoms with Gasteiger partial charge in [0.2, 0.25) is 0 Å². The van der Waals surface area contributed by atoms with Crippen LogP contribution in [-0.4, -0.2) is 19.5 Å². The zero-order chi connectivity index (χ0) is 13.2. The molecule has 0 atom stereocenters. The molecule has 2 heterocycles. The largest absolute Gasteiger partial charge is 0.399 e. The minimum Gasteiger partial charge on any atom is -0.399 e. The summed E-state index contributed by atoms with van der Waals surface area (Å²) in [5.41, 5.74) is 7.37. The lowest BCUT2D eigenvalue weighted by atomic mass is 10.2. The molecule has 0 amide bonds. The van der Waals surface area contributed by atoms with Gasteiger partial charge in [0.05, 0.1) is 12.1 Å². The number of aryl methyl sites for hydroxylation is 1. The Morgan fingerprint density at radius 2 is 2.16 bits per heavy atom. The monoisotopic (exact) mass is 254 g/mol. The lowest BCUT2D eigenvalue weighted by molar-refractivity contribution is 0.811. The first-order valence-corrected chi connectivity index (χ1v) is 5.94. The number of hydrogen-bond acceptors (Lipinski definition) is 5. The highest BCUT2D eigenvalue weighted by molar-refractivity contribution is 5.91. The number of aromatic nitrogens is 4. The van der Waals surface area contributed by atoms with Crippen LogP contribution < -0.4 is 11.1 Å². The Balaban J connectivity index is 1.92. The molecule has 0 radical (unpaired) electrons. The van der Waals surface area contributed by atoms with E-state index in [4.69, 9.17) is 5.73 Å². The van der Waals surface area contributed by atoms with Crippen molar-refractivity contribution >= 4 is 22.4 Å². The van der Waals surface area contributed by atoms with E-state index in [2.05, 4.69) is 20.3 Å². The molecule has 0 aliphatic rings. The molecule has 0 saturated carbocycles. The minimum atomic E-state index is 0.602. The molecule has 3 rings (SSSR count). The number of hydrogen-bond donors (Lipinski definition) is 2. The summed E-state index contributed by atoms with van der Waals surface area (Å²) in [4.78, 5) is 12.7. The maximum Gasteiger partial charge on any atom is 0.137 e. The maximum absolute atomic E-state index is 5.81. The Kier molecular flexibility index (Phi) is 2.75. The van der Waals surface area contributed by atoms with Gasteiger partial charge in [-0.2, -0.15) is 0 Å². The Hall–Kier alpha value is -2.63. The highest BCUT2D eigenvalue weighted by atomic mass is 15.1. The summed E-state index contributed by atoms with van der Waals surface area (Å²) in [5, 5.41) is 4.18. The van der Waals surface area contributed by atoms with Crippen LogP contribution in [0.15, 0.2) is 36.9 Å². The van der Waals surface area contributed by atoms with Gasteiger partial charge in [0.25, 0.3) is 0 Å². The van der Waals surface area contributed by atoms with E-state index in [-0.39, 0.29) is 0 Å². The number of fused-ring (bicyclic) bond motifs is 1. The molecule has 1 aromatic carbocycles. The van der Waals surface area contributed by atoms with Crippen molar-refractivity contribution in [2.75, 3.05) is 11.1 Å².